The van der Waals surface area contributed by atoms with Crippen LogP contribution in [0.5, 0.6) is 5.75 Å². The molecule has 1 spiro atoms. The number of carbonyl (C=O) groups is 3. The standard InChI is InChI=1S/C31H33N3O9/c1-12(2)18-7-20(43-34-18)15-3-4-19(35)22-16(15)5-13-6-17-24(33-14-8-30(9-14)10-42-11-30)26(37)23(29(32)40)28(39)31(17,41)27(38)21(13)25(22)36/h3-4,7,12-14,17,24,33,35-36,39,41H,5-6,8-11H2,1-2H3,(H2,32,40). The van der Waals surface area contributed by atoms with Gasteiger partial charge in [0.2, 0.25) is 5.78 Å². The number of phenolic OH excluding ortho intramolecular Hbond substituents is 1. The van der Waals surface area contributed by atoms with Gasteiger partial charge in [-0.25, -0.2) is 0 Å². The molecule has 0 bridgehead atoms. The third-order valence-electron chi connectivity index (χ3n) is 10.1. The van der Waals surface area contributed by atoms with Gasteiger partial charge in [-0.15, -0.1) is 0 Å². The van der Waals surface area contributed by atoms with Crippen molar-refractivity contribution >= 4 is 23.2 Å². The highest BCUT2D eigenvalue weighted by Gasteiger charge is 2.64. The van der Waals surface area contributed by atoms with Crippen LogP contribution in [0.3, 0.4) is 0 Å². The number of nitrogens with zero attached hydrogens (tertiary/aromatic N) is 1. The summed E-state index contributed by atoms with van der Waals surface area (Å²) in [7, 11) is 0. The number of fused-ring (bicyclic) bond motifs is 3. The predicted molar refractivity (Wildman–Crippen MR) is 150 cm³/mol. The summed E-state index contributed by atoms with van der Waals surface area (Å²) in [5.74, 6) is -6.37. The lowest BCUT2D eigenvalue weighted by Crippen LogP contribution is -2.69. The summed E-state index contributed by atoms with van der Waals surface area (Å²) in [6, 6.07) is 3.48. The van der Waals surface area contributed by atoms with Crippen LogP contribution >= 0.6 is 0 Å². The first-order chi connectivity index (χ1) is 20.4. The first-order valence-corrected chi connectivity index (χ1v) is 14.5. The Bertz CT molecular complexity index is 1660. The van der Waals surface area contributed by atoms with Crippen molar-refractivity contribution in [2.24, 2.45) is 23.0 Å². The number of aliphatic hydroxyl groups excluding tert-OH is 2. The molecule has 2 heterocycles. The Labute approximate surface area is 246 Å². The summed E-state index contributed by atoms with van der Waals surface area (Å²) in [4.78, 5) is 40.1. The van der Waals surface area contributed by atoms with E-state index in [0.29, 0.717) is 30.1 Å². The number of ether oxygens (including phenoxy) is 1. The van der Waals surface area contributed by atoms with Gasteiger partial charge in [-0.3, -0.25) is 14.4 Å². The van der Waals surface area contributed by atoms with E-state index >= 15 is 0 Å². The molecule has 4 atom stereocenters. The number of nitrogens with two attached hydrogens (primary N) is 1. The second kappa shape index (κ2) is 9.25. The van der Waals surface area contributed by atoms with Gasteiger partial charge in [0.15, 0.2) is 17.1 Å². The summed E-state index contributed by atoms with van der Waals surface area (Å²) in [5, 5.41) is 52.8. The highest BCUT2D eigenvalue weighted by Crippen LogP contribution is 2.54. The van der Waals surface area contributed by atoms with Gasteiger partial charge in [0.25, 0.3) is 5.91 Å². The molecule has 2 saturated carbocycles. The van der Waals surface area contributed by atoms with Gasteiger partial charge in [0.1, 0.15) is 22.8 Å². The number of carbonyl (C=O) groups excluding carboxylic acids is 3. The van der Waals surface area contributed by atoms with E-state index in [1.165, 1.54) is 6.07 Å². The quantitative estimate of drug-likeness (QED) is 0.277. The normalized spacial score (nSPS) is 29.7. The number of benzene rings is 1. The molecule has 7 rings (SSSR count). The number of ketones is 2. The third-order valence-corrected chi connectivity index (χ3v) is 10.1. The molecule has 226 valence electrons. The Hall–Kier alpha value is -4.00. The SMILES string of the molecule is CC(C)c1cc(-c2ccc(O)c3c2CC2CC4C(NC5CC6(COC6)C5)C(=O)C(C(N)=O)=C(O)C4(O)C(=O)C2=C3O)on1. The molecule has 3 fully saturated rings. The van der Waals surface area contributed by atoms with Crippen molar-refractivity contribution in [1.82, 2.24) is 10.5 Å². The minimum absolute atomic E-state index is 0.00397. The molecule has 12 nitrogen and oxygen atoms in total. The van der Waals surface area contributed by atoms with E-state index in [0.717, 1.165) is 18.5 Å². The molecule has 1 aromatic carbocycles. The van der Waals surface area contributed by atoms with Crippen LogP contribution in [0.1, 0.15) is 55.8 Å². The van der Waals surface area contributed by atoms with Crippen LogP contribution in [0.25, 0.3) is 17.1 Å². The maximum atomic E-state index is 14.2. The average molecular weight is 592 g/mol. The number of hydrogen-bond acceptors (Lipinski definition) is 11. The lowest BCUT2D eigenvalue weighted by Gasteiger charge is -2.56. The number of aromatic hydroxyl groups is 1. The second-order valence-electron chi connectivity index (χ2n) is 13.1. The Morgan fingerprint density at radius 1 is 1.16 bits per heavy atom. The van der Waals surface area contributed by atoms with Crippen molar-refractivity contribution in [2.45, 2.75) is 63.1 Å². The zero-order valence-corrected chi connectivity index (χ0v) is 23.7. The van der Waals surface area contributed by atoms with Gasteiger partial charge >= 0.3 is 0 Å². The van der Waals surface area contributed by atoms with Crippen molar-refractivity contribution in [3.05, 3.63) is 51.9 Å². The zero-order chi connectivity index (χ0) is 30.6. The van der Waals surface area contributed by atoms with E-state index in [-0.39, 0.29) is 47.1 Å². The van der Waals surface area contributed by atoms with Gasteiger partial charge in [0, 0.05) is 34.6 Å². The van der Waals surface area contributed by atoms with E-state index in [4.69, 9.17) is 15.0 Å². The molecule has 12 heteroatoms. The fourth-order valence-electron chi connectivity index (χ4n) is 7.77. The largest absolute Gasteiger partial charge is 0.508 e. The molecule has 5 aliphatic rings. The lowest BCUT2D eigenvalue weighted by atomic mass is 9.57. The molecule has 0 radical (unpaired) electrons. The molecule has 1 saturated heterocycles. The second-order valence-corrected chi connectivity index (χ2v) is 13.1. The summed E-state index contributed by atoms with van der Waals surface area (Å²) >= 11 is 0. The first kappa shape index (κ1) is 27.8. The highest BCUT2D eigenvalue weighted by atomic mass is 16.5. The van der Waals surface area contributed by atoms with Gasteiger partial charge in [-0.2, -0.15) is 0 Å². The van der Waals surface area contributed by atoms with Crippen LogP contribution in [0.2, 0.25) is 0 Å². The van der Waals surface area contributed by atoms with Crippen molar-refractivity contribution in [1.29, 1.82) is 0 Å². The van der Waals surface area contributed by atoms with Gasteiger partial charge in [-0.1, -0.05) is 19.0 Å². The average Bonchev–Trinajstić information content (AvgIpc) is 3.39. The van der Waals surface area contributed by atoms with Crippen LogP contribution in [0.15, 0.2) is 39.6 Å². The van der Waals surface area contributed by atoms with Gasteiger partial charge < -0.3 is 40.7 Å². The molecule has 2 aromatic rings. The Morgan fingerprint density at radius 2 is 1.88 bits per heavy atom. The van der Waals surface area contributed by atoms with Crippen LogP contribution in [0.4, 0.5) is 0 Å². The van der Waals surface area contributed by atoms with E-state index < -0.39 is 58.0 Å². The van der Waals surface area contributed by atoms with Crippen molar-refractivity contribution in [3.8, 4) is 17.1 Å². The molecule has 4 aliphatic carbocycles. The van der Waals surface area contributed by atoms with Crippen molar-refractivity contribution in [3.63, 3.8) is 0 Å². The van der Waals surface area contributed by atoms with E-state index in [1.54, 1.807) is 12.1 Å². The molecular weight excluding hydrogens is 558 g/mol. The van der Waals surface area contributed by atoms with Crippen LogP contribution in [0, 0.1) is 17.3 Å². The predicted octanol–water partition coefficient (Wildman–Crippen LogP) is 1.95. The smallest absolute Gasteiger partial charge is 0.255 e. The topological polar surface area (TPSA) is 205 Å². The minimum Gasteiger partial charge on any atom is -0.508 e. The first-order valence-electron chi connectivity index (χ1n) is 14.5. The number of aliphatic hydroxyl groups is 3. The zero-order valence-electron chi connectivity index (χ0n) is 23.7. The maximum absolute atomic E-state index is 14.2. The van der Waals surface area contributed by atoms with Crippen LogP contribution in [-0.4, -0.2) is 74.0 Å². The van der Waals surface area contributed by atoms with E-state index in [1.807, 2.05) is 13.8 Å². The van der Waals surface area contributed by atoms with Gasteiger partial charge in [-0.05, 0) is 55.2 Å². The Balaban J connectivity index is 1.33. The third kappa shape index (κ3) is 3.79. The fraction of sp³-hybridized carbons (Fsp3) is 0.484. The fourth-order valence-corrected chi connectivity index (χ4v) is 7.77. The number of rotatable bonds is 5. The number of hydrogen-bond donors (Lipinski definition) is 6. The van der Waals surface area contributed by atoms with Gasteiger partial charge in [0.05, 0.1) is 30.5 Å². The van der Waals surface area contributed by atoms with Crippen LogP contribution < -0.4 is 11.1 Å². The summed E-state index contributed by atoms with van der Waals surface area (Å²) in [6.45, 7) is 5.18. The van der Waals surface area contributed by atoms with Crippen molar-refractivity contribution < 1.29 is 44.1 Å². The monoisotopic (exact) mass is 591 g/mol. The maximum Gasteiger partial charge on any atom is 0.255 e. The molecule has 43 heavy (non-hydrogen) atoms. The molecule has 4 unspecified atom stereocenters. The van der Waals surface area contributed by atoms with Crippen LogP contribution in [-0.2, 0) is 25.5 Å². The van der Waals surface area contributed by atoms with E-state index in [2.05, 4.69) is 10.5 Å². The number of nitrogens with one attached hydrogen (secondary N) is 1. The minimum atomic E-state index is -2.70. The summed E-state index contributed by atoms with van der Waals surface area (Å²) in [6.07, 6.45) is 1.60. The van der Waals surface area contributed by atoms with E-state index in [9.17, 15) is 34.8 Å². The lowest BCUT2D eigenvalue weighted by molar-refractivity contribution is -0.172. The number of aromatic nitrogens is 1. The molecule has 1 aromatic heterocycles. The van der Waals surface area contributed by atoms with Crippen molar-refractivity contribution in [2.75, 3.05) is 13.2 Å². The summed E-state index contributed by atoms with van der Waals surface area (Å²) in [5.41, 5.74) is 3.60. The number of Topliss-reactive ketones (excluding diaryl/α,β-unsaturated/α-hetero) is 2. The number of amides is 1. The molecule has 1 aliphatic heterocycles. The number of primary amides is 1. The number of phenols is 1. The molecule has 7 N–H and O–H groups in total. The molecule has 1 amide bonds. The molecular formula is C31H33N3O9. The highest BCUT2D eigenvalue weighted by molar-refractivity contribution is 6.24. The summed E-state index contributed by atoms with van der Waals surface area (Å²) < 4.78 is 10.9. The Morgan fingerprint density at radius 3 is 2.49 bits per heavy atom. The Kier molecular flexibility index (Phi) is 5.98.